The van der Waals surface area contributed by atoms with Gasteiger partial charge in [0, 0.05) is 5.38 Å². The first-order valence-electron chi connectivity index (χ1n) is 5.23. The van der Waals surface area contributed by atoms with Crippen molar-refractivity contribution in [3.8, 4) is 0 Å². The SMILES string of the molecule is Cc1cc(F)cc(C(C)(C)CC(C)Cl)c1. The molecule has 0 nitrogen and oxygen atoms in total. The van der Waals surface area contributed by atoms with Gasteiger partial charge in [-0.05, 0) is 48.9 Å². The first-order chi connectivity index (χ1) is 6.81. The van der Waals surface area contributed by atoms with Crippen molar-refractivity contribution in [3.05, 3.63) is 35.1 Å². The number of benzene rings is 1. The number of aryl methyl sites for hydroxylation is 1. The van der Waals surface area contributed by atoms with Crippen molar-refractivity contribution in [1.82, 2.24) is 0 Å². The zero-order chi connectivity index (χ0) is 11.6. The molecule has 1 atom stereocenters. The molecular formula is C13H18ClF. The highest BCUT2D eigenvalue weighted by atomic mass is 35.5. The number of hydrogen-bond donors (Lipinski definition) is 0. The third-order valence-electron chi connectivity index (χ3n) is 2.62. The highest BCUT2D eigenvalue weighted by Gasteiger charge is 2.23. The topological polar surface area (TPSA) is 0 Å². The highest BCUT2D eigenvalue weighted by Crippen LogP contribution is 2.30. The van der Waals surface area contributed by atoms with Gasteiger partial charge in [-0.1, -0.05) is 19.9 Å². The summed E-state index contributed by atoms with van der Waals surface area (Å²) in [5.41, 5.74) is 1.90. The number of alkyl halides is 1. The van der Waals surface area contributed by atoms with E-state index in [1.165, 1.54) is 0 Å². The molecule has 0 aromatic heterocycles. The van der Waals surface area contributed by atoms with Crippen LogP contribution in [0.15, 0.2) is 18.2 Å². The predicted molar refractivity (Wildman–Crippen MR) is 64.1 cm³/mol. The molecule has 1 unspecified atom stereocenters. The lowest BCUT2D eigenvalue weighted by molar-refractivity contribution is 0.472. The van der Waals surface area contributed by atoms with E-state index in [2.05, 4.69) is 13.8 Å². The van der Waals surface area contributed by atoms with Crippen LogP contribution in [0, 0.1) is 12.7 Å². The summed E-state index contributed by atoms with van der Waals surface area (Å²) >= 11 is 6.00. The molecule has 0 aliphatic heterocycles. The molecule has 0 aliphatic carbocycles. The standard InChI is InChI=1S/C13H18ClF/c1-9-5-11(7-12(15)6-9)13(3,4)8-10(2)14/h5-7,10H,8H2,1-4H3. The Morgan fingerprint density at radius 1 is 1.33 bits per heavy atom. The summed E-state index contributed by atoms with van der Waals surface area (Å²) in [6.07, 6.45) is 0.845. The molecule has 0 radical (unpaired) electrons. The maximum Gasteiger partial charge on any atom is 0.123 e. The maximum absolute atomic E-state index is 13.3. The van der Waals surface area contributed by atoms with E-state index in [-0.39, 0.29) is 16.6 Å². The zero-order valence-corrected chi connectivity index (χ0v) is 10.5. The molecule has 84 valence electrons. The minimum Gasteiger partial charge on any atom is -0.207 e. The Hall–Kier alpha value is -0.560. The molecule has 0 bridgehead atoms. The Labute approximate surface area is 96.5 Å². The summed E-state index contributed by atoms with van der Waals surface area (Å²) in [5.74, 6) is -0.166. The molecule has 15 heavy (non-hydrogen) atoms. The summed E-state index contributed by atoms with van der Waals surface area (Å²) in [5, 5.41) is 0.101. The fourth-order valence-corrected chi connectivity index (χ4v) is 2.33. The van der Waals surface area contributed by atoms with Crippen molar-refractivity contribution < 1.29 is 4.39 Å². The van der Waals surface area contributed by atoms with E-state index in [1.54, 1.807) is 12.1 Å². The predicted octanol–water partition coefficient (Wildman–Crippen LogP) is 4.43. The van der Waals surface area contributed by atoms with Crippen molar-refractivity contribution in [2.24, 2.45) is 0 Å². The van der Waals surface area contributed by atoms with Gasteiger partial charge in [-0.3, -0.25) is 0 Å². The van der Waals surface area contributed by atoms with Crippen molar-refractivity contribution in [3.63, 3.8) is 0 Å². The summed E-state index contributed by atoms with van der Waals surface area (Å²) in [4.78, 5) is 0. The molecule has 0 fully saturated rings. The molecule has 0 aliphatic rings. The van der Waals surface area contributed by atoms with Crippen molar-refractivity contribution in [2.75, 3.05) is 0 Å². The molecule has 0 N–H and O–H groups in total. The second-order valence-electron chi connectivity index (χ2n) is 4.89. The lowest BCUT2D eigenvalue weighted by Crippen LogP contribution is -2.21. The monoisotopic (exact) mass is 228 g/mol. The Kier molecular flexibility index (Phi) is 3.77. The lowest BCUT2D eigenvalue weighted by atomic mass is 9.80. The van der Waals surface area contributed by atoms with Crippen molar-refractivity contribution >= 4 is 11.6 Å². The number of hydrogen-bond acceptors (Lipinski definition) is 0. The van der Waals surface area contributed by atoms with Gasteiger partial charge in [-0.25, -0.2) is 4.39 Å². The third kappa shape index (κ3) is 3.49. The molecule has 1 aromatic carbocycles. The van der Waals surface area contributed by atoms with Gasteiger partial charge in [0.1, 0.15) is 5.82 Å². The van der Waals surface area contributed by atoms with Crippen LogP contribution in [-0.4, -0.2) is 5.38 Å². The van der Waals surface area contributed by atoms with Crippen LogP contribution < -0.4 is 0 Å². The van der Waals surface area contributed by atoms with Crippen LogP contribution >= 0.6 is 11.6 Å². The molecule has 0 heterocycles. The van der Waals surface area contributed by atoms with Crippen LogP contribution in [0.25, 0.3) is 0 Å². The molecule has 0 saturated carbocycles. The Balaban J connectivity index is 3.03. The van der Waals surface area contributed by atoms with E-state index >= 15 is 0 Å². The second-order valence-corrected chi connectivity index (χ2v) is 5.63. The van der Waals surface area contributed by atoms with Gasteiger partial charge in [-0.2, -0.15) is 0 Å². The van der Waals surface area contributed by atoms with Gasteiger partial charge < -0.3 is 0 Å². The zero-order valence-electron chi connectivity index (χ0n) is 9.77. The Bertz CT molecular complexity index is 322. The van der Waals surface area contributed by atoms with Crippen LogP contribution in [0.3, 0.4) is 0 Å². The fraction of sp³-hybridized carbons (Fsp3) is 0.538. The van der Waals surface area contributed by atoms with Crippen LogP contribution in [-0.2, 0) is 5.41 Å². The van der Waals surface area contributed by atoms with Crippen LogP contribution in [0.5, 0.6) is 0 Å². The molecule has 1 rings (SSSR count). The Morgan fingerprint density at radius 2 is 1.93 bits per heavy atom. The lowest BCUT2D eigenvalue weighted by Gasteiger charge is -2.27. The smallest absolute Gasteiger partial charge is 0.123 e. The summed E-state index contributed by atoms with van der Waals surface area (Å²) in [6.45, 7) is 8.07. The molecule has 0 saturated heterocycles. The van der Waals surface area contributed by atoms with Gasteiger partial charge in [-0.15, -0.1) is 11.6 Å². The van der Waals surface area contributed by atoms with Crippen LogP contribution in [0.4, 0.5) is 4.39 Å². The maximum atomic E-state index is 13.3. The van der Waals surface area contributed by atoms with Crippen LogP contribution in [0.2, 0.25) is 0 Å². The van der Waals surface area contributed by atoms with Crippen molar-refractivity contribution in [1.29, 1.82) is 0 Å². The summed E-state index contributed by atoms with van der Waals surface area (Å²) < 4.78 is 13.3. The van der Waals surface area contributed by atoms with Crippen molar-refractivity contribution in [2.45, 2.75) is 44.9 Å². The van der Waals surface area contributed by atoms with Gasteiger partial charge in [0.2, 0.25) is 0 Å². The second kappa shape index (κ2) is 4.52. The minimum atomic E-state index is -0.166. The van der Waals surface area contributed by atoms with Crippen LogP contribution in [0.1, 0.15) is 38.3 Å². The van der Waals surface area contributed by atoms with Gasteiger partial charge in [0.05, 0.1) is 0 Å². The molecule has 0 amide bonds. The largest absolute Gasteiger partial charge is 0.207 e. The molecular weight excluding hydrogens is 211 g/mol. The molecule has 1 aromatic rings. The Morgan fingerprint density at radius 3 is 2.40 bits per heavy atom. The van der Waals surface area contributed by atoms with E-state index in [0.717, 1.165) is 17.5 Å². The molecule has 0 spiro atoms. The van der Waals surface area contributed by atoms with E-state index < -0.39 is 0 Å². The first-order valence-corrected chi connectivity index (χ1v) is 5.66. The van der Waals surface area contributed by atoms with E-state index in [4.69, 9.17) is 11.6 Å². The van der Waals surface area contributed by atoms with E-state index in [9.17, 15) is 4.39 Å². The average Bonchev–Trinajstić information content (AvgIpc) is 1.99. The van der Waals surface area contributed by atoms with E-state index in [0.29, 0.717) is 0 Å². The number of halogens is 2. The molecule has 2 heteroatoms. The summed E-state index contributed by atoms with van der Waals surface area (Å²) in [6, 6.07) is 5.18. The summed E-state index contributed by atoms with van der Waals surface area (Å²) in [7, 11) is 0. The minimum absolute atomic E-state index is 0.0754. The fourth-order valence-electron chi connectivity index (χ4n) is 1.95. The third-order valence-corrected chi connectivity index (χ3v) is 2.77. The first kappa shape index (κ1) is 12.5. The normalized spacial score (nSPS) is 14.0. The quantitative estimate of drug-likeness (QED) is 0.672. The van der Waals surface area contributed by atoms with E-state index in [1.807, 2.05) is 19.9 Å². The van der Waals surface area contributed by atoms with Gasteiger partial charge in [0.15, 0.2) is 0 Å². The number of rotatable bonds is 3. The van der Waals surface area contributed by atoms with Gasteiger partial charge >= 0.3 is 0 Å². The average molecular weight is 229 g/mol. The highest BCUT2D eigenvalue weighted by molar-refractivity contribution is 6.20. The van der Waals surface area contributed by atoms with Gasteiger partial charge in [0.25, 0.3) is 0 Å².